The van der Waals surface area contributed by atoms with Crippen LogP contribution in [-0.4, -0.2) is 19.0 Å². The number of aliphatic imine (C=N–C) groups is 1. The summed E-state index contributed by atoms with van der Waals surface area (Å²) in [5.41, 5.74) is 2.63. The van der Waals surface area contributed by atoms with Crippen LogP contribution in [0.5, 0.6) is 0 Å². The van der Waals surface area contributed by atoms with Crippen LogP contribution in [0.3, 0.4) is 0 Å². The minimum absolute atomic E-state index is 0.837. The third-order valence-electron chi connectivity index (χ3n) is 2.58. The first kappa shape index (κ1) is 11.7. The van der Waals surface area contributed by atoms with Crippen LogP contribution < -0.4 is 10.6 Å². The van der Waals surface area contributed by atoms with Gasteiger partial charge in [-0.2, -0.15) is 0 Å². The summed E-state index contributed by atoms with van der Waals surface area (Å²) in [6.07, 6.45) is 1.13. The molecule has 3 nitrogen and oxygen atoms in total. The summed E-state index contributed by atoms with van der Waals surface area (Å²) in [7, 11) is 0. The Balaban J connectivity index is 1.94. The van der Waals surface area contributed by atoms with Gasteiger partial charge in [-0.05, 0) is 53.1 Å². The van der Waals surface area contributed by atoms with Gasteiger partial charge < -0.3 is 10.6 Å². The molecule has 0 atom stereocenters. The van der Waals surface area contributed by atoms with Gasteiger partial charge in [0.15, 0.2) is 5.96 Å². The van der Waals surface area contributed by atoms with E-state index in [1.807, 2.05) is 0 Å². The Kier molecular flexibility index (Phi) is 4.04. The fraction of sp³-hybridized carbons (Fsp3) is 0.417. The standard InChI is InChI=1S/C12H16IN3/c1-9-7-10(3-4-11(9)13)8-16-12-14-5-2-6-15-12/h3-4,7H,2,5-6,8H2,1H3,(H2,14,15,16). The molecule has 0 bridgehead atoms. The maximum Gasteiger partial charge on any atom is 0.191 e. The topological polar surface area (TPSA) is 36.4 Å². The van der Waals surface area contributed by atoms with Crippen molar-refractivity contribution in [2.24, 2.45) is 4.99 Å². The minimum Gasteiger partial charge on any atom is -0.356 e. The zero-order chi connectivity index (χ0) is 11.4. The lowest BCUT2D eigenvalue weighted by Gasteiger charge is -2.16. The highest BCUT2D eigenvalue weighted by molar-refractivity contribution is 14.1. The molecule has 0 radical (unpaired) electrons. The number of aryl methyl sites for hydroxylation is 1. The van der Waals surface area contributed by atoms with E-state index in [-0.39, 0.29) is 0 Å². The molecule has 2 N–H and O–H groups in total. The molecule has 0 saturated carbocycles. The minimum atomic E-state index is 0.837. The third kappa shape index (κ3) is 3.10. The summed E-state index contributed by atoms with van der Waals surface area (Å²) in [6, 6.07) is 6.53. The molecule has 0 fully saturated rings. The van der Waals surface area contributed by atoms with Crippen molar-refractivity contribution >= 4 is 28.6 Å². The van der Waals surface area contributed by atoms with Gasteiger partial charge in [-0.25, -0.2) is 0 Å². The number of hydrogen-bond acceptors (Lipinski definition) is 3. The number of rotatable bonds is 2. The predicted molar refractivity (Wildman–Crippen MR) is 75.7 cm³/mol. The lowest BCUT2D eigenvalue weighted by Crippen LogP contribution is -2.40. The molecule has 0 spiro atoms. The van der Waals surface area contributed by atoms with Crippen LogP contribution >= 0.6 is 22.6 Å². The van der Waals surface area contributed by atoms with Crippen molar-refractivity contribution in [2.45, 2.75) is 19.9 Å². The van der Waals surface area contributed by atoms with Crippen LogP contribution in [0.4, 0.5) is 0 Å². The summed E-state index contributed by atoms with van der Waals surface area (Å²) < 4.78 is 1.31. The molecule has 0 aliphatic carbocycles. The van der Waals surface area contributed by atoms with E-state index in [0.29, 0.717) is 0 Å². The Labute approximate surface area is 110 Å². The van der Waals surface area contributed by atoms with Crippen LogP contribution in [0, 0.1) is 10.5 Å². The van der Waals surface area contributed by atoms with Crippen LogP contribution in [0.1, 0.15) is 17.5 Å². The molecular weight excluding hydrogens is 313 g/mol. The molecule has 0 amide bonds. The maximum absolute atomic E-state index is 4.38. The van der Waals surface area contributed by atoms with Crippen molar-refractivity contribution in [2.75, 3.05) is 13.1 Å². The zero-order valence-electron chi connectivity index (χ0n) is 9.39. The lowest BCUT2D eigenvalue weighted by molar-refractivity contribution is 0.702. The van der Waals surface area contributed by atoms with Gasteiger partial charge >= 0.3 is 0 Å². The molecule has 1 heterocycles. The quantitative estimate of drug-likeness (QED) is 0.815. The average molecular weight is 329 g/mol. The molecule has 4 heteroatoms. The SMILES string of the molecule is Cc1cc(CNC2=NCCCN2)ccc1I. The van der Waals surface area contributed by atoms with Gasteiger partial charge in [-0.1, -0.05) is 12.1 Å². The second-order valence-corrected chi connectivity index (χ2v) is 5.11. The number of guanidine groups is 1. The van der Waals surface area contributed by atoms with E-state index in [0.717, 1.165) is 32.0 Å². The van der Waals surface area contributed by atoms with E-state index >= 15 is 0 Å². The Hall–Kier alpha value is -0.780. The average Bonchev–Trinajstić information content (AvgIpc) is 2.32. The van der Waals surface area contributed by atoms with Gasteiger partial charge in [-0.3, -0.25) is 4.99 Å². The molecule has 0 aromatic heterocycles. The van der Waals surface area contributed by atoms with Crippen molar-refractivity contribution in [3.63, 3.8) is 0 Å². The molecule has 2 rings (SSSR count). The van der Waals surface area contributed by atoms with Gasteiger partial charge in [0, 0.05) is 23.2 Å². The first-order valence-electron chi connectivity index (χ1n) is 5.53. The first-order chi connectivity index (χ1) is 7.75. The van der Waals surface area contributed by atoms with E-state index in [2.05, 4.69) is 63.3 Å². The summed E-state index contributed by atoms with van der Waals surface area (Å²) >= 11 is 2.36. The van der Waals surface area contributed by atoms with Gasteiger partial charge in [0.05, 0.1) is 0 Å². The molecule has 1 aliphatic rings. The van der Waals surface area contributed by atoms with E-state index in [4.69, 9.17) is 0 Å². The zero-order valence-corrected chi connectivity index (χ0v) is 11.5. The Morgan fingerprint density at radius 3 is 3.06 bits per heavy atom. The summed E-state index contributed by atoms with van der Waals surface area (Å²) in [6.45, 7) is 4.93. The smallest absolute Gasteiger partial charge is 0.191 e. The maximum atomic E-state index is 4.38. The van der Waals surface area contributed by atoms with Crippen LogP contribution in [0.25, 0.3) is 0 Å². The highest BCUT2D eigenvalue weighted by atomic mass is 127. The first-order valence-corrected chi connectivity index (χ1v) is 6.61. The van der Waals surface area contributed by atoms with E-state index in [9.17, 15) is 0 Å². The van der Waals surface area contributed by atoms with Crippen molar-refractivity contribution in [3.05, 3.63) is 32.9 Å². The molecule has 86 valence electrons. The van der Waals surface area contributed by atoms with Crippen molar-refractivity contribution in [3.8, 4) is 0 Å². The van der Waals surface area contributed by atoms with Crippen molar-refractivity contribution in [1.29, 1.82) is 0 Å². The molecule has 0 unspecified atom stereocenters. The van der Waals surface area contributed by atoms with Crippen LogP contribution in [0.2, 0.25) is 0 Å². The fourth-order valence-corrected chi connectivity index (χ4v) is 1.99. The molecule has 16 heavy (non-hydrogen) atoms. The van der Waals surface area contributed by atoms with Crippen LogP contribution in [0.15, 0.2) is 23.2 Å². The predicted octanol–water partition coefficient (Wildman–Crippen LogP) is 2.04. The van der Waals surface area contributed by atoms with E-state index in [1.165, 1.54) is 14.7 Å². The van der Waals surface area contributed by atoms with Crippen molar-refractivity contribution in [1.82, 2.24) is 10.6 Å². The second kappa shape index (κ2) is 5.52. The van der Waals surface area contributed by atoms with Gasteiger partial charge in [-0.15, -0.1) is 0 Å². The summed E-state index contributed by atoms with van der Waals surface area (Å²) in [5.74, 6) is 0.933. The molecular formula is C12H16IN3. The molecule has 1 aromatic carbocycles. The highest BCUT2D eigenvalue weighted by Gasteiger charge is 2.03. The lowest BCUT2D eigenvalue weighted by atomic mass is 10.1. The highest BCUT2D eigenvalue weighted by Crippen LogP contribution is 2.12. The molecule has 1 aliphatic heterocycles. The Morgan fingerprint density at radius 1 is 1.50 bits per heavy atom. The molecule has 0 saturated heterocycles. The Morgan fingerprint density at radius 2 is 2.38 bits per heavy atom. The fourth-order valence-electron chi connectivity index (χ4n) is 1.65. The largest absolute Gasteiger partial charge is 0.356 e. The number of nitrogens with zero attached hydrogens (tertiary/aromatic N) is 1. The molecule has 1 aromatic rings. The van der Waals surface area contributed by atoms with E-state index < -0.39 is 0 Å². The number of halogens is 1. The van der Waals surface area contributed by atoms with E-state index in [1.54, 1.807) is 0 Å². The second-order valence-electron chi connectivity index (χ2n) is 3.95. The van der Waals surface area contributed by atoms with Gasteiger partial charge in [0.1, 0.15) is 0 Å². The normalized spacial score (nSPS) is 15.2. The monoisotopic (exact) mass is 329 g/mol. The Bertz CT molecular complexity index is 401. The number of nitrogens with one attached hydrogen (secondary N) is 2. The number of hydrogen-bond donors (Lipinski definition) is 2. The van der Waals surface area contributed by atoms with Gasteiger partial charge in [0.2, 0.25) is 0 Å². The summed E-state index contributed by atoms with van der Waals surface area (Å²) in [5, 5.41) is 6.57. The number of benzene rings is 1. The third-order valence-corrected chi connectivity index (χ3v) is 3.79. The van der Waals surface area contributed by atoms with Crippen LogP contribution in [-0.2, 0) is 6.54 Å². The summed E-state index contributed by atoms with van der Waals surface area (Å²) in [4.78, 5) is 4.38. The van der Waals surface area contributed by atoms with Gasteiger partial charge in [0.25, 0.3) is 0 Å². The van der Waals surface area contributed by atoms with Crippen molar-refractivity contribution < 1.29 is 0 Å².